The number of amides is 1. The topological polar surface area (TPSA) is 96.0 Å². The molecule has 6 nitrogen and oxygen atoms in total. The first kappa shape index (κ1) is 15.6. The van der Waals surface area contributed by atoms with E-state index in [1.165, 1.54) is 12.1 Å². The molecule has 1 rings (SSSR count). The first-order valence-electron chi connectivity index (χ1n) is 6.49. The molecule has 0 aliphatic rings. The maximum absolute atomic E-state index is 11.7. The standard InChI is InChI=1S/C14H17N3O3/c1-2-3-12(10-15)14(18)16-9-8-11-4-6-13(7-5-11)17(19)20/h4-7,12H,2-3,8-9H2,1H3,(H,16,18). The average molecular weight is 275 g/mol. The lowest BCUT2D eigenvalue weighted by Gasteiger charge is -2.09. The normalized spacial score (nSPS) is 11.4. The van der Waals surface area contributed by atoms with Crippen LogP contribution in [0.25, 0.3) is 0 Å². The van der Waals surface area contributed by atoms with Crippen molar-refractivity contribution in [1.29, 1.82) is 5.26 Å². The zero-order valence-electron chi connectivity index (χ0n) is 11.3. The Morgan fingerprint density at radius 1 is 1.45 bits per heavy atom. The van der Waals surface area contributed by atoms with Crippen LogP contribution in [0.15, 0.2) is 24.3 Å². The SMILES string of the molecule is CCCC(C#N)C(=O)NCCc1ccc([N+](=O)[O-])cc1. The fourth-order valence-electron chi connectivity index (χ4n) is 1.78. The van der Waals surface area contributed by atoms with Gasteiger partial charge in [0, 0.05) is 18.7 Å². The van der Waals surface area contributed by atoms with Gasteiger partial charge >= 0.3 is 0 Å². The van der Waals surface area contributed by atoms with Crippen molar-refractivity contribution in [2.45, 2.75) is 26.2 Å². The third-order valence-corrected chi connectivity index (χ3v) is 2.91. The molecule has 0 saturated heterocycles. The van der Waals surface area contributed by atoms with E-state index in [1.807, 2.05) is 13.0 Å². The van der Waals surface area contributed by atoms with Gasteiger partial charge in [-0.15, -0.1) is 0 Å². The van der Waals surface area contributed by atoms with Gasteiger partial charge in [0.1, 0.15) is 5.92 Å². The van der Waals surface area contributed by atoms with Gasteiger partial charge in [0.15, 0.2) is 0 Å². The summed E-state index contributed by atoms with van der Waals surface area (Å²) in [6, 6.07) is 8.19. The molecule has 0 aliphatic heterocycles. The van der Waals surface area contributed by atoms with E-state index in [2.05, 4.69) is 5.32 Å². The maximum Gasteiger partial charge on any atom is 0.269 e. The summed E-state index contributed by atoms with van der Waals surface area (Å²) >= 11 is 0. The van der Waals surface area contributed by atoms with Crippen LogP contribution < -0.4 is 5.32 Å². The number of hydrogen-bond donors (Lipinski definition) is 1. The van der Waals surface area contributed by atoms with Gasteiger partial charge in [-0.3, -0.25) is 14.9 Å². The van der Waals surface area contributed by atoms with Crippen LogP contribution >= 0.6 is 0 Å². The molecule has 1 aromatic rings. The number of nitriles is 1. The van der Waals surface area contributed by atoms with Gasteiger partial charge in [0.2, 0.25) is 5.91 Å². The van der Waals surface area contributed by atoms with Crippen LogP contribution in [0.5, 0.6) is 0 Å². The largest absolute Gasteiger partial charge is 0.355 e. The second-order valence-electron chi connectivity index (χ2n) is 4.43. The molecule has 0 bridgehead atoms. The molecule has 0 spiro atoms. The van der Waals surface area contributed by atoms with Crippen LogP contribution in [0.2, 0.25) is 0 Å². The number of nitrogens with zero attached hydrogens (tertiary/aromatic N) is 2. The van der Waals surface area contributed by atoms with Crippen LogP contribution in [-0.2, 0) is 11.2 Å². The number of nitro benzene ring substituents is 1. The Hall–Kier alpha value is -2.42. The third kappa shape index (κ3) is 4.69. The lowest BCUT2D eigenvalue weighted by molar-refractivity contribution is -0.384. The van der Waals surface area contributed by atoms with Crippen LogP contribution in [0.4, 0.5) is 5.69 Å². The molecule has 1 amide bonds. The molecule has 0 aromatic heterocycles. The Kier molecular flexibility index (Phi) is 6.17. The molecule has 20 heavy (non-hydrogen) atoms. The number of carbonyl (C=O) groups is 1. The van der Waals surface area contributed by atoms with E-state index in [0.717, 1.165) is 12.0 Å². The fraction of sp³-hybridized carbons (Fsp3) is 0.429. The Morgan fingerprint density at radius 3 is 2.60 bits per heavy atom. The van der Waals surface area contributed by atoms with Gasteiger partial charge in [-0.25, -0.2) is 0 Å². The predicted molar refractivity (Wildman–Crippen MR) is 73.8 cm³/mol. The zero-order valence-corrected chi connectivity index (χ0v) is 11.3. The highest BCUT2D eigenvalue weighted by Gasteiger charge is 2.15. The second kappa shape index (κ2) is 7.89. The molecule has 1 unspecified atom stereocenters. The van der Waals surface area contributed by atoms with Crippen LogP contribution in [-0.4, -0.2) is 17.4 Å². The molecule has 1 N–H and O–H groups in total. The van der Waals surface area contributed by atoms with Crippen molar-refractivity contribution in [3.05, 3.63) is 39.9 Å². The lowest BCUT2D eigenvalue weighted by Crippen LogP contribution is -2.31. The summed E-state index contributed by atoms with van der Waals surface area (Å²) in [5.74, 6) is -0.854. The number of non-ortho nitro benzene ring substituents is 1. The molecule has 1 aromatic carbocycles. The van der Waals surface area contributed by atoms with E-state index >= 15 is 0 Å². The molecule has 0 saturated carbocycles. The van der Waals surface area contributed by atoms with Gasteiger partial charge in [0.25, 0.3) is 5.69 Å². The van der Waals surface area contributed by atoms with Crippen molar-refractivity contribution in [2.75, 3.05) is 6.54 Å². The first-order valence-corrected chi connectivity index (χ1v) is 6.49. The first-order chi connectivity index (χ1) is 9.58. The van der Waals surface area contributed by atoms with E-state index in [4.69, 9.17) is 5.26 Å². The second-order valence-corrected chi connectivity index (χ2v) is 4.43. The molecule has 0 heterocycles. The van der Waals surface area contributed by atoms with Crippen LogP contribution in [0, 0.1) is 27.4 Å². The molecule has 0 aliphatic carbocycles. The van der Waals surface area contributed by atoms with E-state index in [-0.39, 0.29) is 11.6 Å². The Balaban J connectivity index is 2.42. The van der Waals surface area contributed by atoms with Gasteiger partial charge in [-0.2, -0.15) is 5.26 Å². The number of rotatable bonds is 7. The molecule has 0 radical (unpaired) electrons. The maximum atomic E-state index is 11.7. The van der Waals surface area contributed by atoms with E-state index in [0.29, 0.717) is 19.4 Å². The van der Waals surface area contributed by atoms with Crippen molar-refractivity contribution in [1.82, 2.24) is 5.32 Å². The lowest BCUT2D eigenvalue weighted by atomic mass is 10.0. The highest BCUT2D eigenvalue weighted by Crippen LogP contribution is 2.12. The van der Waals surface area contributed by atoms with Crippen molar-refractivity contribution in [3.8, 4) is 6.07 Å². The van der Waals surface area contributed by atoms with Crippen molar-refractivity contribution in [2.24, 2.45) is 5.92 Å². The van der Waals surface area contributed by atoms with E-state index in [1.54, 1.807) is 12.1 Å². The quantitative estimate of drug-likeness (QED) is 0.609. The molecular weight excluding hydrogens is 258 g/mol. The monoisotopic (exact) mass is 275 g/mol. The summed E-state index contributed by atoms with van der Waals surface area (Å²) in [5, 5.41) is 22.1. The van der Waals surface area contributed by atoms with Gasteiger partial charge < -0.3 is 5.32 Å². The number of benzene rings is 1. The van der Waals surface area contributed by atoms with E-state index < -0.39 is 10.8 Å². The Morgan fingerprint density at radius 2 is 2.10 bits per heavy atom. The number of hydrogen-bond acceptors (Lipinski definition) is 4. The van der Waals surface area contributed by atoms with Gasteiger partial charge in [-0.1, -0.05) is 25.5 Å². The summed E-state index contributed by atoms with van der Waals surface area (Å²) in [4.78, 5) is 21.7. The molecular formula is C14H17N3O3. The minimum atomic E-state index is -0.600. The van der Waals surface area contributed by atoms with Gasteiger partial charge in [0.05, 0.1) is 11.0 Å². The van der Waals surface area contributed by atoms with Crippen molar-refractivity contribution >= 4 is 11.6 Å². The highest BCUT2D eigenvalue weighted by molar-refractivity contribution is 5.80. The summed E-state index contributed by atoms with van der Waals surface area (Å²) in [5.41, 5.74) is 0.949. The average Bonchev–Trinajstić information content (AvgIpc) is 2.45. The Labute approximate surface area is 117 Å². The van der Waals surface area contributed by atoms with Gasteiger partial charge in [-0.05, 0) is 18.4 Å². The van der Waals surface area contributed by atoms with Crippen LogP contribution in [0.1, 0.15) is 25.3 Å². The molecule has 6 heteroatoms. The zero-order chi connectivity index (χ0) is 15.0. The minimum absolute atomic E-state index is 0.0466. The number of carbonyl (C=O) groups excluding carboxylic acids is 1. The van der Waals surface area contributed by atoms with Crippen molar-refractivity contribution < 1.29 is 9.72 Å². The summed E-state index contributed by atoms with van der Waals surface area (Å²) in [6.45, 7) is 2.34. The fourth-order valence-corrected chi connectivity index (χ4v) is 1.78. The molecule has 106 valence electrons. The number of nitrogens with one attached hydrogen (secondary N) is 1. The summed E-state index contributed by atoms with van der Waals surface area (Å²) in [6.07, 6.45) is 1.92. The van der Waals surface area contributed by atoms with Crippen molar-refractivity contribution in [3.63, 3.8) is 0 Å². The Bertz CT molecular complexity index is 505. The minimum Gasteiger partial charge on any atom is -0.355 e. The third-order valence-electron chi connectivity index (χ3n) is 2.91. The summed E-state index contributed by atoms with van der Waals surface area (Å²) in [7, 11) is 0. The number of nitro groups is 1. The molecule has 1 atom stereocenters. The smallest absolute Gasteiger partial charge is 0.269 e. The highest BCUT2D eigenvalue weighted by atomic mass is 16.6. The van der Waals surface area contributed by atoms with Crippen LogP contribution in [0.3, 0.4) is 0 Å². The summed E-state index contributed by atoms with van der Waals surface area (Å²) < 4.78 is 0. The molecule has 0 fully saturated rings. The van der Waals surface area contributed by atoms with E-state index in [9.17, 15) is 14.9 Å². The predicted octanol–water partition coefficient (Wildman–Crippen LogP) is 2.19.